The van der Waals surface area contributed by atoms with Gasteiger partial charge in [0.25, 0.3) is 0 Å². The summed E-state index contributed by atoms with van der Waals surface area (Å²) in [6, 6.07) is 80.5. The summed E-state index contributed by atoms with van der Waals surface area (Å²) in [6.45, 7) is 2.26. The lowest BCUT2D eigenvalue weighted by Gasteiger charge is -2.34. The Kier molecular flexibility index (Phi) is 8.42. The molecule has 1 aliphatic rings. The molecule has 0 N–H and O–H groups in total. The van der Waals surface area contributed by atoms with Gasteiger partial charge in [0.05, 0.1) is 11.1 Å². The largest absolute Gasteiger partial charge is 0.310 e. The molecule has 0 fully saturated rings. The number of anilines is 3. The predicted molar refractivity (Wildman–Crippen MR) is 236 cm³/mol. The molecule has 0 bridgehead atoms. The molecular formula is C55H41N. The zero-order valence-electron chi connectivity index (χ0n) is 31.4. The molecule has 9 aromatic rings. The zero-order chi connectivity index (χ0) is 37.5. The third-order valence-corrected chi connectivity index (χ3v) is 11.7. The molecule has 0 spiro atoms. The highest BCUT2D eigenvalue weighted by Crippen LogP contribution is 2.59. The van der Waals surface area contributed by atoms with Crippen LogP contribution in [0.5, 0.6) is 0 Å². The van der Waals surface area contributed by atoms with Gasteiger partial charge in [0.1, 0.15) is 0 Å². The van der Waals surface area contributed by atoms with Crippen molar-refractivity contribution in [2.75, 3.05) is 4.90 Å². The molecule has 0 atom stereocenters. The molecule has 266 valence electrons. The van der Waals surface area contributed by atoms with E-state index in [2.05, 4.69) is 230 Å². The second-order valence-electron chi connectivity index (χ2n) is 14.7. The second-order valence-corrected chi connectivity index (χ2v) is 14.7. The molecule has 9 aromatic carbocycles. The van der Waals surface area contributed by atoms with Crippen molar-refractivity contribution in [1.82, 2.24) is 0 Å². The van der Waals surface area contributed by atoms with E-state index in [0.29, 0.717) is 0 Å². The van der Waals surface area contributed by atoms with Crippen LogP contribution >= 0.6 is 0 Å². The standard InChI is InChI=1S/C55H41N/c1-2-39-35-43(49-28-15-14-27-48(49)42-34-33-40-19-12-13-20-41(40)37-42)38-47(36-39)56(46-25-10-5-11-26-46)53-32-18-31-52-54(53)50-29-16-17-30-51(50)55(52,44-21-6-3-7-22-44)45-23-8-4-9-24-45/h3-38H,2H2,1H3. The molecule has 0 radical (unpaired) electrons. The Balaban J connectivity index is 1.22. The molecule has 10 rings (SSSR count). The van der Waals surface area contributed by atoms with Gasteiger partial charge in [-0.2, -0.15) is 0 Å². The molecule has 1 nitrogen and oxygen atoms in total. The fourth-order valence-electron chi connectivity index (χ4n) is 9.17. The van der Waals surface area contributed by atoms with Crippen molar-refractivity contribution in [2.45, 2.75) is 18.8 Å². The minimum atomic E-state index is -0.484. The van der Waals surface area contributed by atoms with E-state index < -0.39 is 5.41 Å². The van der Waals surface area contributed by atoms with E-state index in [1.54, 1.807) is 0 Å². The van der Waals surface area contributed by atoms with E-state index in [9.17, 15) is 0 Å². The smallest absolute Gasteiger partial charge is 0.0714 e. The summed E-state index contributed by atoms with van der Waals surface area (Å²) >= 11 is 0. The normalized spacial score (nSPS) is 12.6. The van der Waals surface area contributed by atoms with Crippen LogP contribution in [0.25, 0.3) is 44.2 Å². The van der Waals surface area contributed by atoms with Crippen LogP contribution in [0.2, 0.25) is 0 Å². The van der Waals surface area contributed by atoms with Crippen LogP contribution in [0, 0.1) is 0 Å². The Morgan fingerprint density at radius 3 is 1.66 bits per heavy atom. The Hall–Kier alpha value is -6.96. The van der Waals surface area contributed by atoms with E-state index in [0.717, 1.165) is 23.5 Å². The van der Waals surface area contributed by atoms with Crippen LogP contribution in [-0.4, -0.2) is 0 Å². The fourth-order valence-corrected chi connectivity index (χ4v) is 9.17. The van der Waals surface area contributed by atoms with Crippen LogP contribution < -0.4 is 4.90 Å². The Labute approximate surface area is 329 Å². The highest BCUT2D eigenvalue weighted by molar-refractivity contribution is 5.98. The molecule has 0 aliphatic heterocycles. The number of hydrogen-bond donors (Lipinski definition) is 0. The van der Waals surface area contributed by atoms with Gasteiger partial charge in [0, 0.05) is 16.9 Å². The molecule has 0 saturated heterocycles. The van der Waals surface area contributed by atoms with Gasteiger partial charge in [-0.1, -0.05) is 189 Å². The van der Waals surface area contributed by atoms with Crippen LogP contribution in [0.4, 0.5) is 17.1 Å². The SMILES string of the molecule is CCc1cc(-c2ccccc2-c2ccc3ccccc3c2)cc(N(c2ccccc2)c2cccc3c2-c2ccccc2C3(c2ccccc2)c2ccccc2)c1. The Bertz CT molecular complexity index is 2800. The first-order chi connectivity index (χ1) is 27.7. The first-order valence-corrected chi connectivity index (χ1v) is 19.7. The van der Waals surface area contributed by atoms with Gasteiger partial charge in [-0.05, 0) is 109 Å². The van der Waals surface area contributed by atoms with Gasteiger partial charge in [-0.25, -0.2) is 0 Å². The van der Waals surface area contributed by atoms with Crippen molar-refractivity contribution in [1.29, 1.82) is 0 Å². The first-order valence-electron chi connectivity index (χ1n) is 19.7. The second kappa shape index (κ2) is 14.0. The number of hydrogen-bond acceptors (Lipinski definition) is 1. The maximum Gasteiger partial charge on any atom is 0.0714 e. The van der Waals surface area contributed by atoms with E-state index in [-0.39, 0.29) is 0 Å². The van der Waals surface area contributed by atoms with E-state index in [1.807, 2.05) is 0 Å². The van der Waals surface area contributed by atoms with E-state index >= 15 is 0 Å². The Morgan fingerprint density at radius 2 is 0.964 bits per heavy atom. The minimum Gasteiger partial charge on any atom is -0.310 e. The number of aryl methyl sites for hydroxylation is 1. The summed E-state index contributed by atoms with van der Waals surface area (Å²) in [7, 11) is 0. The number of nitrogens with zero attached hydrogens (tertiary/aromatic N) is 1. The highest BCUT2D eigenvalue weighted by atomic mass is 15.1. The lowest BCUT2D eigenvalue weighted by Crippen LogP contribution is -2.28. The number of benzene rings is 9. The summed E-state index contributed by atoms with van der Waals surface area (Å²) in [5.74, 6) is 0. The maximum absolute atomic E-state index is 2.49. The average molecular weight is 716 g/mol. The molecule has 1 aliphatic carbocycles. The number of rotatable bonds is 8. The van der Waals surface area contributed by atoms with Gasteiger partial charge in [0.2, 0.25) is 0 Å². The quantitative estimate of drug-likeness (QED) is 0.151. The van der Waals surface area contributed by atoms with Crippen molar-refractivity contribution >= 4 is 27.8 Å². The van der Waals surface area contributed by atoms with Gasteiger partial charge in [-0.15, -0.1) is 0 Å². The lowest BCUT2D eigenvalue weighted by molar-refractivity contribution is 0.768. The average Bonchev–Trinajstić information content (AvgIpc) is 3.59. The van der Waals surface area contributed by atoms with E-state index in [1.165, 1.54) is 72.0 Å². The Morgan fingerprint density at radius 1 is 0.393 bits per heavy atom. The molecule has 0 unspecified atom stereocenters. The van der Waals surface area contributed by atoms with E-state index in [4.69, 9.17) is 0 Å². The molecule has 0 saturated carbocycles. The van der Waals surface area contributed by atoms with Crippen LogP contribution in [0.1, 0.15) is 34.7 Å². The molecule has 1 heteroatoms. The molecule has 56 heavy (non-hydrogen) atoms. The molecule has 0 amide bonds. The maximum atomic E-state index is 2.49. The van der Waals surface area contributed by atoms with Crippen LogP contribution in [0.3, 0.4) is 0 Å². The lowest BCUT2D eigenvalue weighted by atomic mass is 9.68. The summed E-state index contributed by atoms with van der Waals surface area (Å²) in [4.78, 5) is 2.49. The summed E-state index contributed by atoms with van der Waals surface area (Å²) in [5, 5.41) is 2.50. The zero-order valence-corrected chi connectivity index (χ0v) is 31.4. The van der Waals surface area contributed by atoms with Gasteiger partial charge in [-0.3, -0.25) is 0 Å². The highest BCUT2D eigenvalue weighted by Gasteiger charge is 2.47. The van der Waals surface area contributed by atoms with Gasteiger partial charge in [0.15, 0.2) is 0 Å². The molecule has 0 heterocycles. The monoisotopic (exact) mass is 715 g/mol. The third kappa shape index (κ3) is 5.47. The number of fused-ring (bicyclic) bond motifs is 4. The molecular weight excluding hydrogens is 675 g/mol. The van der Waals surface area contributed by atoms with Crippen LogP contribution in [-0.2, 0) is 11.8 Å². The predicted octanol–water partition coefficient (Wildman–Crippen LogP) is 14.6. The van der Waals surface area contributed by atoms with Crippen molar-refractivity contribution in [3.05, 3.63) is 246 Å². The van der Waals surface area contributed by atoms with Crippen molar-refractivity contribution < 1.29 is 0 Å². The van der Waals surface area contributed by atoms with Crippen molar-refractivity contribution in [3.63, 3.8) is 0 Å². The molecule has 0 aromatic heterocycles. The minimum absolute atomic E-state index is 0.484. The van der Waals surface area contributed by atoms with Crippen molar-refractivity contribution in [3.8, 4) is 33.4 Å². The first kappa shape index (κ1) is 33.6. The van der Waals surface area contributed by atoms with Crippen molar-refractivity contribution in [2.24, 2.45) is 0 Å². The van der Waals surface area contributed by atoms with Gasteiger partial charge < -0.3 is 4.90 Å². The van der Waals surface area contributed by atoms with Gasteiger partial charge >= 0.3 is 0 Å². The number of para-hydroxylation sites is 1. The summed E-state index contributed by atoms with van der Waals surface area (Å²) in [5.41, 5.74) is 16.8. The fraction of sp³-hybridized carbons (Fsp3) is 0.0545. The third-order valence-electron chi connectivity index (χ3n) is 11.7. The topological polar surface area (TPSA) is 3.24 Å². The summed E-state index contributed by atoms with van der Waals surface area (Å²) < 4.78 is 0. The summed E-state index contributed by atoms with van der Waals surface area (Å²) in [6.07, 6.45) is 0.919. The van der Waals surface area contributed by atoms with Crippen LogP contribution in [0.15, 0.2) is 218 Å².